The molecule has 16 heavy (non-hydrogen) atoms. The molecule has 0 spiro atoms. The summed E-state index contributed by atoms with van der Waals surface area (Å²) in [6.07, 6.45) is 0. The van der Waals surface area contributed by atoms with Gasteiger partial charge in [0, 0.05) is 10.6 Å². The van der Waals surface area contributed by atoms with E-state index in [-0.39, 0.29) is 5.76 Å². The van der Waals surface area contributed by atoms with Gasteiger partial charge in [-0.15, -0.1) is 0 Å². The van der Waals surface area contributed by atoms with Crippen LogP contribution < -0.4 is 11.3 Å². The third-order valence-corrected chi connectivity index (χ3v) is 2.34. The van der Waals surface area contributed by atoms with Gasteiger partial charge in [0.25, 0.3) is 0 Å². The van der Waals surface area contributed by atoms with Crippen LogP contribution in [0, 0.1) is 0 Å². The van der Waals surface area contributed by atoms with E-state index in [2.05, 4.69) is 0 Å². The molecule has 0 unspecified atom stereocenters. The van der Waals surface area contributed by atoms with Crippen molar-refractivity contribution < 1.29 is 9.21 Å². The van der Waals surface area contributed by atoms with Crippen LogP contribution in [0.4, 0.5) is 0 Å². The summed E-state index contributed by atoms with van der Waals surface area (Å²) in [5, 5.41) is 0.648. The molecule has 0 atom stereocenters. The molecule has 5 heteroatoms. The van der Waals surface area contributed by atoms with Gasteiger partial charge in [-0.25, -0.2) is 5.84 Å². The molecule has 82 valence electrons. The Balaban J connectivity index is 2.31. The number of amides is 1. The van der Waals surface area contributed by atoms with Crippen molar-refractivity contribution in [3.05, 3.63) is 47.2 Å². The van der Waals surface area contributed by atoms with Crippen LogP contribution in [0.15, 0.2) is 40.8 Å². The fourth-order valence-corrected chi connectivity index (χ4v) is 1.43. The van der Waals surface area contributed by atoms with Crippen molar-refractivity contribution >= 4 is 17.5 Å². The van der Waals surface area contributed by atoms with E-state index in [1.165, 1.54) is 0 Å². The van der Waals surface area contributed by atoms with Crippen molar-refractivity contribution in [1.82, 2.24) is 5.43 Å². The summed E-state index contributed by atoms with van der Waals surface area (Å²) in [6.45, 7) is 0. The average Bonchev–Trinajstić information content (AvgIpc) is 2.78. The largest absolute Gasteiger partial charge is 0.451 e. The van der Waals surface area contributed by atoms with Crippen LogP contribution in [0.2, 0.25) is 5.02 Å². The van der Waals surface area contributed by atoms with Crippen LogP contribution >= 0.6 is 11.6 Å². The fraction of sp³-hybridized carbons (Fsp3) is 0. The Hall–Kier alpha value is -1.78. The van der Waals surface area contributed by atoms with E-state index >= 15 is 0 Å². The van der Waals surface area contributed by atoms with Gasteiger partial charge in [0.15, 0.2) is 5.76 Å². The number of carbonyl (C=O) groups excluding carboxylic acids is 1. The summed E-state index contributed by atoms with van der Waals surface area (Å²) in [7, 11) is 0. The third-order valence-electron chi connectivity index (χ3n) is 2.09. The summed E-state index contributed by atoms with van der Waals surface area (Å²) in [5.74, 6) is 5.30. The smallest absolute Gasteiger partial charge is 0.300 e. The number of rotatable bonds is 2. The van der Waals surface area contributed by atoms with E-state index in [1.54, 1.807) is 24.3 Å². The number of nitrogens with one attached hydrogen (secondary N) is 1. The quantitative estimate of drug-likeness (QED) is 0.477. The van der Waals surface area contributed by atoms with Crippen LogP contribution in [0.5, 0.6) is 0 Å². The second kappa shape index (κ2) is 4.38. The van der Waals surface area contributed by atoms with E-state index in [9.17, 15) is 4.79 Å². The normalized spacial score (nSPS) is 10.1. The topological polar surface area (TPSA) is 68.3 Å². The molecule has 3 N–H and O–H groups in total. The highest BCUT2D eigenvalue weighted by Gasteiger charge is 2.10. The van der Waals surface area contributed by atoms with Gasteiger partial charge >= 0.3 is 5.91 Å². The number of hydrogen-bond acceptors (Lipinski definition) is 3. The van der Waals surface area contributed by atoms with Crippen LogP contribution in [0.25, 0.3) is 11.3 Å². The van der Waals surface area contributed by atoms with E-state index < -0.39 is 5.91 Å². The maximum Gasteiger partial charge on any atom is 0.300 e. The van der Waals surface area contributed by atoms with Crippen molar-refractivity contribution in [3.8, 4) is 11.3 Å². The maximum atomic E-state index is 11.2. The van der Waals surface area contributed by atoms with Crippen molar-refractivity contribution in [2.45, 2.75) is 0 Å². The predicted molar refractivity (Wildman–Crippen MR) is 60.8 cm³/mol. The fourth-order valence-electron chi connectivity index (χ4n) is 1.30. The van der Waals surface area contributed by atoms with Crippen LogP contribution in [-0.4, -0.2) is 5.91 Å². The lowest BCUT2D eigenvalue weighted by molar-refractivity contribution is 0.0927. The highest BCUT2D eigenvalue weighted by Crippen LogP contribution is 2.23. The molecule has 0 saturated heterocycles. The minimum Gasteiger partial charge on any atom is -0.451 e. The summed E-state index contributed by atoms with van der Waals surface area (Å²) in [5.41, 5.74) is 2.85. The summed E-state index contributed by atoms with van der Waals surface area (Å²) in [4.78, 5) is 11.2. The lowest BCUT2D eigenvalue weighted by atomic mass is 10.2. The van der Waals surface area contributed by atoms with Crippen LogP contribution in [-0.2, 0) is 0 Å². The Morgan fingerprint density at radius 2 is 1.88 bits per heavy atom. The molecule has 0 fully saturated rings. The Morgan fingerprint density at radius 3 is 2.50 bits per heavy atom. The molecule has 0 aliphatic rings. The summed E-state index contributed by atoms with van der Waals surface area (Å²) in [6, 6.07) is 10.4. The number of carbonyl (C=O) groups is 1. The number of halogens is 1. The zero-order valence-corrected chi connectivity index (χ0v) is 8.99. The Bertz CT molecular complexity index is 505. The van der Waals surface area contributed by atoms with Crippen LogP contribution in [0.1, 0.15) is 10.6 Å². The monoisotopic (exact) mass is 236 g/mol. The number of hydrazine groups is 1. The first-order valence-corrected chi connectivity index (χ1v) is 4.95. The molecule has 0 aliphatic carbocycles. The van der Waals surface area contributed by atoms with Gasteiger partial charge in [-0.1, -0.05) is 11.6 Å². The average molecular weight is 237 g/mol. The van der Waals surface area contributed by atoms with Gasteiger partial charge in [-0.2, -0.15) is 0 Å². The van der Waals surface area contributed by atoms with Gasteiger partial charge < -0.3 is 4.42 Å². The number of nitrogen functional groups attached to an aromatic ring is 1. The molecule has 1 amide bonds. The van der Waals surface area contributed by atoms with E-state index in [0.29, 0.717) is 10.8 Å². The first-order chi connectivity index (χ1) is 7.70. The molecule has 1 aromatic heterocycles. The third kappa shape index (κ3) is 2.08. The molecule has 1 aromatic carbocycles. The lowest BCUT2D eigenvalue weighted by Gasteiger charge is -1.97. The number of furan rings is 1. The molecule has 2 rings (SSSR count). The molecule has 0 saturated carbocycles. The van der Waals surface area contributed by atoms with E-state index in [4.69, 9.17) is 21.9 Å². The second-order valence-corrected chi connectivity index (χ2v) is 3.58. The molecule has 4 nitrogen and oxygen atoms in total. The van der Waals surface area contributed by atoms with E-state index in [1.807, 2.05) is 17.6 Å². The zero-order chi connectivity index (χ0) is 11.5. The Labute approximate surface area is 97.0 Å². The van der Waals surface area contributed by atoms with Gasteiger partial charge in [-0.3, -0.25) is 10.2 Å². The minimum atomic E-state index is -0.458. The molecular formula is C11H9ClN2O2. The van der Waals surface area contributed by atoms with E-state index in [0.717, 1.165) is 5.56 Å². The van der Waals surface area contributed by atoms with Gasteiger partial charge in [0.1, 0.15) is 5.76 Å². The zero-order valence-electron chi connectivity index (χ0n) is 8.24. The highest BCUT2D eigenvalue weighted by atomic mass is 35.5. The van der Waals surface area contributed by atoms with Gasteiger partial charge in [0.2, 0.25) is 0 Å². The Kier molecular flexibility index (Phi) is 2.94. The summed E-state index contributed by atoms with van der Waals surface area (Å²) >= 11 is 5.77. The van der Waals surface area contributed by atoms with Crippen LogP contribution in [0.3, 0.4) is 0 Å². The highest BCUT2D eigenvalue weighted by molar-refractivity contribution is 6.30. The molecule has 2 aromatic rings. The Morgan fingerprint density at radius 1 is 1.19 bits per heavy atom. The standard InChI is InChI=1S/C11H9ClN2O2/c12-8-3-1-7(2-4-8)9-5-6-10(16-9)11(15)14-13/h1-6H,13H2,(H,14,15). The first kappa shape index (κ1) is 10.7. The van der Waals surface area contributed by atoms with Crippen molar-refractivity contribution in [3.63, 3.8) is 0 Å². The van der Waals surface area contributed by atoms with Crippen molar-refractivity contribution in [2.75, 3.05) is 0 Å². The van der Waals surface area contributed by atoms with Gasteiger partial charge in [0.05, 0.1) is 0 Å². The number of hydrogen-bond donors (Lipinski definition) is 2. The number of nitrogens with two attached hydrogens (primary N) is 1. The number of benzene rings is 1. The predicted octanol–water partition coefficient (Wildman–Crippen LogP) is 2.20. The molecule has 0 radical (unpaired) electrons. The van der Waals surface area contributed by atoms with Crippen molar-refractivity contribution in [2.24, 2.45) is 5.84 Å². The first-order valence-electron chi connectivity index (χ1n) is 4.57. The molecule has 1 heterocycles. The SMILES string of the molecule is NNC(=O)c1ccc(-c2ccc(Cl)cc2)o1. The van der Waals surface area contributed by atoms with Crippen molar-refractivity contribution in [1.29, 1.82) is 0 Å². The van der Waals surface area contributed by atoms with Gasteiger partial charge in [-0.05, 0) is 36.4 Å². The second-order valence-electron chi connectivity index (χ2n) is 3.14. The maximum absolute atomic E-state index is 11.2. The lowest BCUT2D eigenvalue weighted by Crippen LogP contribution is -2.29. The summed E-state index contributed by atoms with van der Waals surface area (Å²) < 4.78 is 5.33. The molecule has 0 aliphatic heterocycles. The molecular weight excluding hydrogens is 228 g/mol. The molecule has 0 bridgehead atoms. The minimum absolute atomic E-state index is 0.174.